The lowest BCUT2D eigenvalue weighted by Gasteiger charge is -2.31. The molecule has 1 amide bonds. The maximum Gasteiger partial charge on any atom is 0.419 e. The first-order valence-electron chi connectivity index (χ1n) is 9.80. The summed E-state index contributed by atoms with van der Waals surface area (Å²) in [6.07, 6.45) is 1.36. The van der Waals surface area contributed by atoms with Gasteiger partial charge in [-0.2, -0.15) is 13.2 Å². The normalized spacial score (nSPS) is 24.7. The highest BCUT2D eigenvalue weighted by molar-refractivity contribution is 5.77. The number of rotatable bonds is 4. The number of hydrogen-bond acceptors (Lipinski definition) is 2. The third-order valence-corrected chi connectivity index (χ3v) is 5.80. The molecule has 2 atom stereocenters. The molecule has 0 unspecified atom stereocenters. The number of quaternary nitrogens is 1. The minimum atomic E-state index is -4.33. The summed E-state index contributed by atoms with van der Waals surface area (Å²) in [6, 6.07) is 2.88. The molecule has 0 bridgehead atoms. The monoisotopic (exact) mass is 386 g/mol. The van der Waals surface area contributed by atoms with Crippen molar-refractivity contribution in [1.82, 2.24) is 5.32 Å². The number of anilines is 1. The van der Waals surface area contributed by atoms with Crippen molar-refractivity contribution in [3.05, 3.63) is 23.9 Å². The highest BCUT2D eigenvalue weighted by Crippen LogP contribution is 2.28. The van der Waals surface area contributed by atoms with Gasteiger partial charge in [0, 0.05) is 12.1 Å². The van der Waals surface area contributed by atoms with Crippen molar-refractivity contribution in [1.29, 1.82) is 0 Å². The molecule has 0 aromatic carbocycles. The Morgan fingerprint density at radius 3 is 2.56 bits per heavy atom. The summed E-state index contributed by atoms with van der Waals surface area (Å²) in [5, 5.41) is 3.19. The van der Waals surface area contributed by atoms with E-state index in [9.17, 15) is 18.0 Å². The average Bonchev–Trinajstić information content (AvgIpc) is 2.64. The number of pyridine rings is 1. The van der Waals surface area contributed by atoms with Crippen LogP contribution in [0.2, 0.25) is 0 Å². The number of carbonyl (C=O) groups is 1. The topological polar surface area (TPSA) is 50.9 Å². The summed E-state index contributed by atoms with van der Waals surface area (Å²) >= 11 is 0. The number of nitrogens with one attached hydrogen (secondary N) is 3. The Morgan fingerprint density at radius 1 is 1.26 bits per heavy atom. The van der Waals surface area contributed by atoms with E-state index >= 15 is 0 Å². The Labute approximate surface area is 157 Å². The first kappa shape index (κ1) is 19.9. The van der Waals surface area contributed by atoms with Gasteiger partial charge in [-0.1, -0.05) is 19.8 Å². The van der Waals surface area contributed by atoms with E-state index in [4.69, 9.17) is 0 Å². The van der Waals surface area contributed by atoms with Gasteiger partial charge in [0.15, 0.2) is 6.54 Å². The molecule has 0 radical (unpaired) electrons. The second-order valence-corrected chi connectivity index (χ2v) is 7.81. The number of alkyl halides is 3. The minimum Gasteiger partial charge on any atom is -0.348 e. The molecule has 150 valence electrons. The third kappa shape index (κ3) is 5.34. The van der Waals surface area contributed by atoms with Gasteiger partial charge in [-0.3, -0.25) is 9.69 Å². The predicted octanol–water partition coefficient (Wildman–Crippen LogP) is 0.919. The fourth-order valence-electron chi connectivity index (χ4n) is 4.05. The number of hydrogen-bond donors (Lipinski definition) is 2. The smallest absolute Gasteiger partial charge is 0.348 e. The molecule has 2 heterocycles. The Morgan fingerprint density at radius 2 is 1.96 bits per heavy atom. The van der Waals surface area contributed by atoms with Crippen LogP contribution in [0.5, 0.6) is 0 Å². The van der Waals surface area contributed by atoms with Gasteiger partial charge in [0.05, 0.1) is 5.56 Å². The molecule has 8 heteroatoms. The van der Waals surface area contributed by atoms with Crippen LogP contribution in [-0.2, 0) is 11.0 Å². The lowest BCUT2D eigenvalue weighted by Crippen LogP contribution is -3.16. The SMILES string of the molecule is C[C@@H]1CCCC[C@H]1NC(=O)C[NH+]1CCN(c2ccc(C(F)(F)F)c[nH+]2)CC1. The maximum absolute atomic E-state index is 12.7. The van der Waals surface area contributed by atoms with Crippen LogP contribution in [0.25, 0.3) is 0 Å². The molecule has 1 saturated carbocycles. The molecule has 0 spiro atoms. The summed E-state index contributed by atoms with van der Waals surface area (Å²) in [4.78, 5) is 18.3. The van der Waals surface area contributed by atoms with E-state index in [-0.39, 0.29) is 5.91 Å². The summed E-state index contributed by atoms with van der Waals surface area (Å²) < 4.78 is 38.0. The molecule has 1 aromatic heterocycles. The summed E-state index contributed by atoms with van der Waals surface area (Å²) in [5.41, 5.74) is -0.677. The number of carbonyl (C=O) groups excluding carboxylic acids is 1. The molecule has 27 heavy (non-hydrogen) atoms. The van der Waals surface area contributed by atoms with Gasteiger partial charge in [-0.25, -0.2) is 4.98 Å². The highest BCUT2D eigenvalue weighted by atomic mass is 19.4. The Balaban J connectivity index is 1.45. The lowest BCUT2D eigenvalue weighted by atomic mass is 9.86. The standard InChI is InChI=1S/C19H27F3N4O/c1-14-4-2-3-5-16(14)24-18(27)13-25-8-10-26(11-9-25)17-7-6-15(12-23-17)19(20,21)22/h6-7,12,14,16H,2-5,8-11,13H2,1H3,(H,24,27)/p+2/t14-,16-/m1/s1. The molecule has 5 nitrogen and oxygen atoms in total. The number of piperazine rings is 1. The van der Waals surface area contributed by atoms with Crippen molar-refractivity contribution in [3.8, 4) is 0 Å². The van der Waals surface area contributed by atoms with Crippen molar-refractivity contribution < 1.29 is 27.8 Å². The van der Waals surface area contributed by atoms with Gasteiger partial charge in [-0.15, -0.1) is 0 Å². The van der Waals surface area contributed by atoms with E-state index in [0.717, 1.165) is 31.8 Å². The van der Waals surface area contributed by atoms with Crippen LogP contribution in [0.15, 0.2) is 18.3 Å². The van der Waals surface area contributed by atoms with Crippen LogP contribution in [0.3, 0.4) is 0 Å². The zero-order valence-electron chi connectivity index (χ0n) is 15.7. The zero-order chi connectivity index (χ0) is 19.4. The highest BCUT2D eigenvalue weighted by Gasteiger charge is 2.33. The van der Waals surface area contributed by atoms with Crippen LogP contribution in [0.1, 0.15) is 38.2 Å². The first-order chi connectivity index (χ1) is 12.8. The van der Waals surface area contributed by atoms with E-state index in [1.807, 2.05) is 4.90 Å². The minimum absolute atomic E-state index is 0.110. The molecular formula is C19H29F3N4O+2. The molecule has 3 N–H and O–H groups in total. The molecular weight excluding hydrogens is 357 g/mol. The predicted molar refractivity (Wildman–Crippen MR) is 95.3 cm³/mol. The summed E-state index contributed by atoms with van der Waals surface area (Å²) in [5.74, 6) is 1.34. The largest absolute Gasteiger partial charge is 0.419 e. The summed E-state index contributed by atoms with van der Waals surface area (Å²) in [7, 11) is 0. The molecule has 1 aliphatic carbocycles. The van der Waals surface area contributed by atoms with Crippen LogP contribution < -0.4 is 20.1 Å². The van der Waals surface area contributed by atoms with Crippen molar-refractivity contribution in [2.24, 2.45) is 5.92 Å². The van der Waals surface area contributed by atoms with Gasteiger partial charge in [0.1, 0.15) is 32.4 Å². The van der Waals surface area contributed by atoms with Gasteiger partial charge < -0.3 is 10.2 Å². The van der Waals surface area contributed by atoms with Gasteiger partial charge in [-0.05, 0) is 24.8 Å². The Bertz CT molecular complexity index is 627. The molecule has 1 aromatic rings. The van der Waals surface area contributed by atoms with Gasteiger partial charge in [0.2, 0.25) is 0 Å². The van der Waals surface area contributed by atoms with E-state index in [1.54, 1.807) is 0 Å². The lowest BCUT2D eigenvalue weighted by molar-refractivity contribution is -0.892. The summed E-state index contributed by atoms with van der Waals surface area (Å²) in [6.45, 7) is 5.68. The van der Waals surface area contributed by atoms with Crippen molar-refractivity contribution in [2.45, 2.75) is 44.8 Å². The first-order valence-corrected chi connectivity index (χ1v) is 9.80. The van der Waals surface area contributed by atoms with Crippen molar-refractivity contribution in [2.75, 3.05) is 37.6 Å². The number of aromatic nitrogens is 1. The van der Waals surface area contributed by atoms with Crippen molar-refractivity contribution in [3.63, 3.8) is 0 Å². The number of halogens is 3. The van der Waals surface area contributed by atoms with E-state index in [2.05, 4.69) is 17.2 Å². The second-order valence-electron chi connectivity index (χ2n) is 7.81. The van der Waals surface area contributed by atoms with Crippen LogP contribution in [0, 0.1) is 5.92 Å². The maximum atomic E-state index is 12.7. The Hall–Kier alpha value is -1.83. The Kier molecular flexibility index (Phi) is 6.24. The number of amides is 1. The van der Waals surface area contributed by atoms with Gasteiger partial charge >= 0.3 is 6.18 Å². The van der Waals surface area contributed by atoms with Crippen LogP contribution in [0.4, 0.5) is 19.0 Å². The molecule has 2 aliphatic rings. The number of aromatic amines is 1. The molecule has 1 aliphatic heterocycles. The number of nitrogens with zero attached hydrogens (tertiary/aromatic N) is 1. The molecule has 2 fully saturated rings. The molecule has 1 saturated heterocycles. The second kappa shape index (κ2) is 8.46. The van der Waals surface area contributed by atoms with E-state index < -0.39 is 11.7 Å². The van der Waals surface area contributed by atoms with E-state index in [0.29, 0.717) is 37.4 Å². The average molecular weight is 386 g/mol. The van der Waals surface area contributed by atoms with Crippen LogP contribution in [-0.4, -0.2) is 44.7 Å². The fourth-order valence-corrected chi connectivity index (χ4v) is 4.05. The van der Waals surface area contributed by atoms with E-state index in [1.165, 1.54) is 30.2 Å². The van der Waals surface area contributed by atoms with Crippen molar-refractivity contribution >= 4 is 11.7 Å². The zero-order valence-corrected chi connectivity index (χ0v) is 15.7. The fraction of sp³-hybridized carbons (Fsp3) is 0.684. The molecule has 3 rings (SSSR count). The number of H-pyrrole nitrogens is 1. The van der Waals surface area contributed by atoms with Gasteiger partial charge in [0.25, 0.3) is 11.7 Å². The van der Waals surface area contributed by atoms with Crippen LogP contribution >= 0.6 is 0 Å². The third-order valence-electron chi connectivity index (χ3n) is 5.80. The quantitative estimate of drug-likeness (QED) is 0.809.